The minimum Gasteiger partial charge on any atom is -0.325 e. The van der Waals surface area contributed by atoms with E-state index in [9.17, 15) is 9.18 Å². The van der Waals surface area contributed by atoms with Gasteiger partial charge in [-0.2, -0.15) is 0 Å². The molecule has 132 valence electrons. The Bertz CT molecular complexity index is 751. The first-order chi connectivity index (χ1) is 12.0. The Kier molecular flexibility index (Phi) is 5.22. The summed E-state index contributed by atoms with van der Waals surface area (Å²) in [6, 6.07) is 12.8. The number of benzene rings is 2. The van der Waals surface area contributed by atoms with E-state index in [4.69, 9.17) is 0 Å². The van der Waals surface area contributed by atoms with E-state index >= 15 is 0 Å². The van der Waals surface area contributed by atoms with Gasteiger partial charge in [0, 0.05) is 11.6 Å². The van der Waals surface area contributed by atoms with Crippen LogP contribution in [0, 0.1) is 11.7 Å². The van der Waals surface area contributed by atoms with Gasteiger partial charge in [0.2, 0.25) is 5.91 Å². The molecule has 0 aromatic heterocycles. The van der Waals surface area contributed by atoms with E-state index in [1.165, 1.54) is 23.3 Å². The van der Waals surface area contributed by atoms with Gasteiger partial charge in [-0.3, -0.25) is 4.79 Å². The molecule has 2 nitrogen and oxygen atoms in total. The Hall–Kier alpha value is -2.16. The fourth-order valence-corrected chi connectivity index (χ4v) is 3.51. The largest absolute Gasteiger partial charge is 0.325 e. The van der Waals surface area contributed by atoms with Crippen LogP contribution < -0.4 is 5.32 Å². The van der Waals surface area contributed by atoms with Crippen molar-refractivity contribution in [3.8, 4) is 0 Å². The van der Waals surface area contributed by atoms with Crippen molar-refractivity contribution in [2.45, 2.75) is 51.9 Å². The molecule has 0 aliphatic heterocycles. The van der Waals surface area contributed by atoms with Crippen LogP contribution in [0.25, 0.3) is 0 Å². The minimum atomic E-state index is -0.236. The van der Waals surface area contributed by atoms with Crippen LogP contribution in [0.15, 0.2) is 42.5 Å². The third-order valence-electron chi connectivity index (χ3n) is 5.00. The molecule has 2 aromatic carbocycles. The van der Waals surface area contributed by atoms with Crippen molar-refractivity contribution >= 4 is 11.6 Å². The number of rotatable bonds is 6. The van der Waals surface area contributed by atoms with Crippen molar-refractivity contribution in [3.05, 3.63) is 65.0 Å². The normalized spacial score (nSPS) is 19.1. The molecule has 0 radical (unpaired) electrons. The average molecular weight is 339 g/mol. The average Bonchev–Trinajstić information content (AvgIpc) is 3.38. The maximum absolute atomic E-state index is 13.1. The lowest BCUT2D eigenvalue weighted by Gasteiger charge is -2.18. The van der Waals surface area contributed by atoms with Crippen molar-refractivity contribution in [2.24, 2.45) is 5.92 Å². The number of nitrogens with one attached hydrogen (secondary N) is 1. The number of carbonyl (C=O) groups is 1. The molecule has 2 unspecified atom stereocenters. The summed E-state index contributed by atoms with van der Waals surface area (Å²) in [5.74, 6) is 0.404. The zero-order chi connectivity index (χ0) is 18.0. The van der Waals surface area contributed by atoms with Crippen LogP contribution in [-0.2, 0) is 11.2 Å². The molecule has 2 atom stereocenters. The predicted octanol–water partition coefficient (Wildman–Crippen LogP) is 5.64. The topological polar surface area (TPSA) is 29.1 Å². The van der Waals surface area contributed by atoms with Crippen molar-refractivity contribution in [1.29, 1.82) is 0 Å². The summed E-state index contributed by atoms with van der Waals surface area (Å²) in [7, 11) is 0. The third kappa shape index (κ3) is 3.92. The number of para-hydroxylation sites is 1. The molecule has 1 amide bonds. The van der Waals surface area contributed by atoms with Gasteiger partial charge in [-0.1, -0.05) is 57.5 Å². The van der Waals surface area contributed by atoms with Gasteiger partial charge in [0.25, 0.3) is 0 Å². The van der Waals surface area contributed by atoms with E-state index in [0.717, 1.165) is 30.5 Å². The molecule has 1 aliphatic carbocycles. The smallest absolute Gasteiger partial charge is 0.228 e. The Balaban J connectivity index is 1.76. The monoisotopic (exact) mass is 339 g/mol. The Labute approximate surface area is 149 Å². The number of hydrogen-bond acceptors (Lipinski definition) is 1. The number of halogens is 1. The zero-order valence-corrected chi connectivity index (χ0v) is 15.2. The van der Waals surface area contributed by atoms with Crippen LogP contribution in [0.4, 0.5) is 10.1 Å². The SMILES string of the molecule is CCCc1cccc(C(C)C)c1NC(=O)C1CC1c1ccc(F)cc1. The van der Waals surface area contributed by atoms with Crippen molar-refractivity contribution in [3.63, 3.8) is 0 Å². The summed E-state index contributed by atoms with van der Waals surface area (Å²) in [4.78, 5) is 12.8. The van der Waals surface area contributed by atoms with Crippen molar-refractivity contribution < 1.29 is 9.18 Å². The fourth-order valence-electron chi connectivity index (χ4n) is 3.51. The molecule has 2 aromatic rings. The number of hydrogen-bond donors (Lipinski definition) is 1. The predicted molar refractivity (Wildman–Crippen MR) is 100 cm³/mol. The number of aryl methyl sites for hydroxylation is 1. The van der Waals surface area contributed by atoms with E-state index in [1.807, 2.05) is 0 Å². The quantitative estimate of drug-likeness (QED) is 0.724. The lowest BCUT2D eigenvalue weighted by Crippen LogP contribution is -2.17. The van der Waals surface area contributed by atoms with Gasteiger partial charge in [0.05, 0.1) is 0 Å². The first kappa shape index (κ1) is 17.7. The van der Waals surface area contributed by atoms with Crippen LogP contribution >= 0.6 is 0 Å². The lowest BCUT2D eigenvalue weighted by atomic mass is 9.95. The maximum atomic E-state index is 13.1. The van der Waals surface area contributed by atoms with E-state index in [0.29, 0.717) is 5.92 Å². The molecule has 1 N–H and O–H groups in total. The number of amides is 1. The standard InChI is InChI=1S/C22H26FNO/c1-4-6-16-7-5-8-18(14(2)3)21(16)24-22(25)20-13-19(20)15-9-11-17(23)12-10-15/h5,7-12,14,19-20H,4,6,13H2,1-3H3,(H,24,25). The molecule has 1 aliphatic rings. The Morgan fingerprint density at radius 3 is 2.56 bits per heavy atom. The minimum absolute atomic E-state index is 0.0137. The maximum Gasteiger partial charge on any atom is 0.228 e. The second kappa shape index (κ2) is 7.38. The summed E-state index contributed by atoms with van der Waals surface area (Å²) in [6.45, 7) is 6.46. The Morgan fingerprint density at radius 1 is 1.20 bits per heavy atom. The van der Waals surface area contributed by atoms with Crippen LogP contribution in [0.2, 0.25) is 0 Å². The molecule has 3 heteroatoms. The van der Waals surface area contributed by atoms with Gasteiger partial charge >= 0.3 is 0 Å². The number of carbonyl (C=O) groups excluding carboxylic acids is 1. The number of anilines is 1. The molecular formula is C22H26FNO. The lowest BCUT2D eigenvalue weighted by molar-refractivity contribution is -0.117. The van der Waals surface area contributed by atoms with Gasteiger partial charge in [-0.05, 0) is 53.5 Å². The highest BCUT2D eigenvalue weighted by molar-refractivity contribution is 5.96. The summed E-state index contributed by atoms with van der Waals surface area (Å²) in [5, 5.41) is 3.21. The second-order valence-corrected chi connectivity index (χ2v) is 7.28. The van der Waals surface area contributed by atoms with Gasteiger partial charge in [-0.25, -0.2) is 4.39 Å². The molecule has 1 saturated carbocycles. The molecule has 1 fully saturated rings. The Morgan fingerprint density at radius 2 is 1.92 bits per heavy atom. The van der Waals surface area contributed by atoms with Gasteiger partial charge < -0.3 is 5.32 Å². The fraction of sp³-hybridized carbons (Fsp3) is 0.409. The second-order valence-electron chi connectivity index (χ2n) is 7.28. The van der Waals surface area contributed by atoms with Gasteiger partial charge in [-0.15, -0.1) is 0 Å². The van der Waals surface area contributed by atoms with Crippen molar-refractivity contribution in [2.75, 3.05) is 5.32 Å². The van der Waals surface area contributed by atoms with Crippen LogP contribution in [-0.4, -0.2) is 5.91 Å². The molecule has 0 bridgehead atoms. The summed E-state index contributed by atoms with van der Waals surface area (Å²) in [5.41, 5.74) is 4.45. The summed E-state index contributed by atoms with van der Waals surface area (Å²) in [6.07, 6.45) is 2.85. The van der Waals surface area contributed by atoms with E-state index < -0.39 is 0 Å². The molecular weight excluding hydrogens is 313 g/mol. The first-order valence-corrected chi connectivity index (χ1v) is 9.19. The van der Waals surface area contributed by atoms with E-state index in [2.05, 4.69) is 44.3 Å². The van der Waals surface area contributed by atoms with Crippen LogP contribution in [0.3, 0.4) is 0 Å². The first-order valence-electron chi connectivity index (χ1n) is 9.19. The molecule has 0 saturated heterocycles. The summed E-state index contributed by atoms with van der Waals surface area (Å²) < 4.78 is 13.1. The molecule has 3 rings (SSSR count). The van der Waals surface area contributed by atoms with Gasteiger partial charge in [0.1, 0.15) is 5.82 Å². The van der Waals surface area contributed by atoms with Crippen LogP contribution in [0.5, 0.6) is 0 Å². The zero-order valence-electron chi connectivity index (χ0n) is 15.2. The highest BCUT2D eigenvalue weighted by Crippen LogP contribution is 2.48. The highest BCUT2D eigenvalue weighted by Gasteiger charge is 2.44. The third-order valence-corrected chi connectivity index (χ3v) is 5.00. The van der Waals surface area contributed by atoms with Crippen molar-refractivity contribution in [1.82, 2.24) is 0 Å². The molecule has 0 spiro atoms. The van der Waals surface area contributed by atoms with Crippen LogP contribution in [0.1, 0.15) is 62.1 Å². The molecule has 25 heavy (non-hydrogen) atoms. The highest BCUT2D eigenvalue weighted by atomic mass is 19.1. The molecule has 0 heterocycles. The van der Waals surface area contributed by atoms with Gasteiger partial charge in [0.15, 0.2) is 0 Å². The summed E-state index contributed by atoms with van der Waals surface area (Å²) >= 11 is 0. The van der Waals surface area contributed by atoms with E-state index in [-0.39, 0.29) is 23.6 Å². The van der Waals surface area contributed by atoms with E-state index in [1.54, 1.807) is 12.1 Å².